The van der Waals surface area contributed by atoms with Gasteiger partial charge in [-0.3, -0.25) is 19.1 Å². The van der Waals surface area contributed by atoms with E-state index in [1.54, 1.807) is 17.8 Å². The normalized spacial score (nSPS) is 14.5. The number of sulfone groups is 1. The van der Waals surface area contributed by atoms with Crippen LogP contribution in [0.1, 0.15) is 32.1 Å². The van der Waals surface area contributed by atoms with E-state index >= 15 is 0 Å². The first-order valence-electron chi connectivity index (χ1n) is 17.2. The Balaban J connectivity index is 0.858. The molecule has 2 aliphatic heterocycles. The average molecular weight is 768 g/mol. The summed E-state index contributed by atoms with van der Waals surface area (Å²) in [5.74, 6) is -0.955. The molecular formula is C36H41N5O8S3. The standard InChI is InChI=1S/C36H41N5O8S3/c1-50-27-14-15-32-30(26-27)40(29-12-5-6-13-31(29)51-32)19-9-18-38-20-22-39(23-21-38)33(42)16-17-34(43)47-24-7-8-25-48-35-36(41(44)49-37-35)52(45,46)28-10-3-2-4-11-28/h2-6,10-15,26H,7-9,16-25H2,1H3. The average Bonchev–Trinajstić information content (AvgIpc) is 3.55. The lowest BCUT2D eigenvalue weighted by atomic mass is 10.2. The van der Waals surface area contributed by atoms with Crippen LogP contribution in [0.3, 0.4) is 0 Å². The SMILES string of the molecule is CSc1ccc2c(c1)N(CCCN1CCN(C(=O)CCC(=O)OCCCCOc3no[n+]([O-])c3S(=O)(=O)c3ccccc3)CC1)c1ccccc1S2. The van der Waals surface area contributed by atoms with Gasteiger partial charge in [0.05, 0.1) is 41.1 Å². The summed E-state index contributed by atoms with van der Waals surface area (Å²) in [5, 5.41) is 14.7. The molecule has 0 aliphatic carbocycles. The number of thioether (sulfide) groups is 1. The molecule has 0 bridgehead atoms. The molecule has 0 atom stereocenters. The highest BCUT2D eigenvalue weighted by Gasteiger charge is 2.35. The van der Waals surface area contributed by atoms with Crippen LogP contribution in [-0.2, 0) is 24.2 Å². The van der Waals surface area contributed by atoms with Crippen molar-refractivity contribution >= 4 is 56.6 Å². The van der Waals surface area contributed by atoms with Crippen LogP contribution in [0.2, 0.25) is 0 Å². The van der Waals surface area contributed by atoms with Gasteiger partial charge in [-0.25, -0.2) is 8.42 Å². The Bertz CT molecular complexity index is 1950. The van der Waals surface area contributed by atoms with E-state index in [-0.39, 0.29) is 41.8 Å². The molecule has 1 fully saturated rings. The van der Waals surface area contributed by atoms with E-state index in [9.17, 15) is 23.2 Å². The molecule has 6 rings (SSSR count). The van der Waals surface area contributed by atoms with Crippen LogP contribution in [-0.4, -0.2) is 94.0 Å². The van der Waals surface area contributed by atoms with Crippen LogP contribution in [0.4, 0.5) is 11.4 Å². The molecule has 0 saturated carbocycles. The van der Waals surface area contributed by atoms with Crippen LogP contribution in [0.5, 0.6) is 5.88 Å². The number of benzene rings is 3. The second-order valence-corrected chi connectivity index (χ2v) is 16.1. The third kappa shape index (κ3) is 9.03. The van der Waals surface area contributed by atoms with Gasteiger partial charge in [0.25, 0.3) is 9.84 Å². The molecule has 4 aromatic rings. The zero-order valence-corrected chi connectivity index (χ0v) is 31.3. The van der Waals surface area contributed by atoms with Gasteiger partial charge >= 0.3 is 16.9 Å². The molecule has 13 nitrogen and oxygen atoms in total. The Hall–Kier alpha value is -4.25. The second-order valence-electron chi connectivity index (χ2n) is 12.3. The number of carbonyl (C=O) groups excluding carboxylic acids is 2. The summed E-state index contributed by atoms with van der Waals surface area (Å²) in [4.78, 5) is 35.3. The number of rotatable bonds is 16. The van der Waals surface area contributed by atoms with Crippen molar-refractivity contribution < 1.29 is 37.0 Å². The van der Waals surface area contributed by atoms with Crippen molar-refractivity contribution in [2.75, 3.05) is 63.6 Å². The molecule has 0 N–H and O–H groups in total. The fraction of sp³-hybridized carbons (Fsp3) is 0.389. The maximum atomic E-state index is 12.8. The van der Waals surface area contributed by atoms with Crippen molar-refractivity contribution in [3.63, 3.8) is 0 Å². The van der Waals surface area contributed by atoms with E-state index < -0.39 is 26.7 Å². The maximum absolute atomic E-state index is 12.8. The minimum Gasteiger partial charge on any atom is -0.466 e. The second kappa shape index (κ2) is 17.5. The van der Waals surface area contributed by atoms with Gasteiger partial charge in [0, 0.05) is 53.8 Å². The molecule has 52 heavy (non-hydrogen) atoms. The number of hydrogen-bond acceptors (Lipinski definition) is 13. The summed E-state index contributed by atoms with van der Waals surface area (Å²) >= 11 is 3.57. The van der Waals surface area contributed by atoms with Crippen molar-refractivity contribution in [2.45, 2.75) is 56.7 Å². The molecule has 3 aromatic carbocycles. The summed E-state index contributed by atoms with van der Waals surface area (Å²) in [6.45, 7) is 4.81. The smallest absolute Gasteiger partial charge is 0.414 e. The van der Waals surface area contributed by atoms with E-state index in [1.165, 1.54) is 50.3 Å². The van der Waals surface area contributed by atoms with Gasteiger partial charge in [-0.1, -0.05) is 42.1 Å². The zero-order valence-electron chi connectivity index (χ0n) is 28.8. The molecule has 1 aromatic heterocycles. The number of anilines is 2. The van der Waals surface area contributed by atoms with Crippen molar-refractivity contribution in [2.24, 2.45) is 0 Å². The number of para-hydroxylation sites is 1. The predicted molar refractivity (Wildman–Crippen MR) is 196 cm³/mol. The molecular weight excluding hydrogens is 727 g/mol. The molecule has 1 amide bonds. The maximum Gasteiger partial charge on any atom is 0.414 e. The summed E-state index contributed by atoms with van der Waals surface area (Å²) in [6, 6.07) is 22.7. The molecule has 2 aliphatic rings. The van der Waals surface area contributed by atoms with Crippen LogP contribution in [0, 0.1) is 5.21 Å². The number of carbonyl (C=O) groups is 2. The summed E-state index contributed by atoms with van der Waals surface area (Å²) in [6.07, 6.45) is 3.99. The third-order valence-corrected chi connectivity index (χ3v) is 12.4. The number of fused-ring (bicyclic) bond motifs is 2. The highest BCUT2D eigenvalue weighted by Crippen LogP contribution is 2.48. The van der Waals surface area contributed by atoms with Gasteiger partial charge in [0.1, 0.15) is 0 Å². The van der Waals surface area contributed by atoms with E-state index in [0.717, 1.165) is 32.6 Å². The van der Waals surface area contributed by atoms with Crippen molar-refractivity contribution in [3.8, 4) is 5.88 Å². The van der Waals surface area contributed by atoms with E-state index in [1.807, 2.05) is 16.7 Å². The number of nitrogens with zero attached hydrogens (tertiary/aromatic N) is 5. The van der Waals surface area contributed by atoms with Gasteiger partial charge in [0.2, 0.25) is 5.91 Å². The van der Waals surface area contributed by atoms with Crippen molar-refractivity contribution in [1.29, 1.82) is 0 Å². The van der Waals surface area contributed by atoms with Gasteiger partial charge in [0.15, 0.2) is 0 Å². The van der Waals surface area contributed by atoms with E-state index in [2.05, 4.69) is 68.3 Å². The highest BCUT2D eigenvalue weighted by atomic mass is 32.2. The molecule has 16 heteroatoms. The number of aromatic nitrogens is 2. The Morgan fingerprint density at radius 1 is 0.904 bits per heavy atom. The molecule has 276 valence electrons. The van der Waals surface area contributed by atoms with Crippen LogP contribution >= 0.6 is 23.5 Å². The first-order valence-corrected chi connectivity index (χ1v) is 20.7. The summed E-state index contributed by atoms with van der Waals surface area (Å²) in [7, 11) is -4.20. The van der Waals surface area contributed by atoms with Crippen molar-refractivity contribution in [3.05, 3.63) is 78.0 Å². The first kappa shape index (κ1) is 37.5. The monoisotopic (exact) mass is 767 g/mol. The van der Waals surface area contributed by atoms with Crippen molar-refractivity contribution in [1.82, 2.24) is 15.0 Å². The van der Waals surface area contributed by atoms with Gasteiger partial charge < -0.3 is 24.5 Å². The van der Waals surface area contributed by atoms with Crippen LogP contribution in [0.25, 0.3) is 0 Å². The molecule has 3 heterocycles. The Morgan fingerprint density at radius 2 is 1.63 bits per heavy atom. The van der Waals surface area contributed by atoms with Gasteiger partial charge in [-0.2, -0.15) is 0 Å². The topological polar surface area (TPSA) is 149 Å². The first-order chi connectivity index (χ1) is 25.2. The summed E-state index contributed by atoms with van der Waals surface area (Å²) < 4.78 is 40.9. The largest absolute Gasteiger partial charge is 0.466 e. The van der Waals surface area contributed by atoms with Gasteiger partial charge in [-0.15, -0.1) is 11.8 Å². The quantitative estimate of drug-likeness (QED) is 0.0639. The van der Waals surface area contributed by atoms with E-state index in [4.69, 9.17) is 9.47 Å². The van der Waals surface area contributed by atoms with Crippen LogP contribution < -0.4 is 14.5 Å². The number of esters is 1. The molecule has 1 saturated heterocycles. The Labute approximate surface area is 311 Å². The fourth-order valence-electron chi connectivity index (χ4n) is 6.09. The van der Waals surface area contributed by atoms with E-state index in [0.29, 0.717) is 25.9 Å². The minimum absolute atomic E-state index is 0.00594. The number of ether oxygens (including phenoxy) is 2. The number of piperazine rings is 1. The summed E-state index contributed by atoms with van der Waals surface area (Å²) in [5.41, 5.74) is 2.50. The molecule has 0 unspecified atom stereocenters. The number of amides is 1. The Morgan fingerprint density at radius 3 is 2.42 bits per heavy atom. The fourth-order valence-corrected chi connectivity index (χ4v) is 8.89. The number of hydrogen-bond donors (Lipinski definition) is 0. The number of unbranched alkanes of at least 4 members (excludes halogenated alkanes) is 1. The highest BCUT2D eigenvalue weighted by molar-refractivity contribution is 8.00. The third-order valence-electron chi connectivity index (χ3n) is 8.85. The zero-order chi connectivity index (χ0) is 36.5. The molecule has 0 radical (unpaired) electrons. The lowest BCUT2D eigenvalue weighted by Gasteiger charge is -2.36. The van der Waals surface area contributed by atoms with Crippen LogP contribution in [0.15, 0.2) is 102 Å². The molecule has 0 spiro atoms. The Kier molecular flexibility index (Phi) is 12.6. The predicted octanol–water partition coefficient (Wildman–Crippen LogP) is 5.18. The minimum atomic E-state index is -4.20. The lowest BCUT2D eigenvalue weighted by Crippen LogP contribution is -2.49. The lowest BCUT2D eigenvalue weighted by molar-refractivity contribution is -0.832. The van der Waals surface area contributed by atoms with Gasteiger partial charge in [-0.05, 0) is 79.4 Å².